The summed E-state index contributed by atoms with van der Waals surface area (Å²) in [7, 11) is 0. The van der Waals surface area contributed by atoms with E-state index < -0.39 is 0 Å². The average molecular weight is 287 g/mol. The minimum atomic E-state index is 0.230. The van der Waals surface area contributed by atoms with E-state index in [4.69, 9.17) is 4.74 Å². The maximum Gasteiger partial charge on any atom is 0.124 e. The molecule has 3 unspecified atom stereocenters. The summed E-state index contributed by atoms with van der Waals surface area (Å²) in [5.74, 6) is 1.60. The van der Waals surface area contributed by atoms with E-state index in [2.05, 4.69) is 42.1 Å². The van der Waals surface area contributed by atoms with Crippen molar-refractivity contribution in [1.29, 1.82) is 0 Å². The molecule has 1 aromatic carbocycles. The molecule has 2 N–H and O–H groups in total. The van der Waals surface area contributed by atoms with Gasteiger partial charge in [0.1, 0.15) is 5.82 Å². The number of para-hydroxylation sites is 2. The lowest BCUT2D eigenvalue weighted by Crippen LogP contribution is -2.42. The second kappa shape index (κ2) is 6.16. The molecule has 21 heavy (non-hydrogen) atoms. The predicted molar refractivity (Wildman–Crippen MR) is 85.2 cm³/mol. The Morgan fingerprint density at radius 3 is 2.86 bits per heavy atom. The molecule has 3 rings (SSSR count). The maximum absolute atomic E-state index is 5.84. The van der Waals surface area contributed by atoms with Crippen molar-refractivity contribution in [1.82, 2.24) is 15.3 Å². The Hall–Kier alpha value is -1.39. The van der Waals surface area contributed by atoms with Crippen LogP contribution in [0, 0.1) is 5.92 Å². The standard InChI is InChI=1S/C17H25N3O/c1-11(2)16-10-13(8-9-21-16)18-12(3)17-19-14-6-4-5-7-15(14)20-17/h4-7,11-13,16,18H,8-10H2,1-3H3,(H,19,20). The average Bonchev–Trinajstić information content (AvgIpc) is 2.91. The first kappa shape index (κ1) is 14.5. The normalized spacial score (nSPS) is 24.6. The van der Waals surface area contributed by atoms with Crippen LogP contribution < -0.4 is 5.32 Å². The zero-order valence-electron chi connectivity index (χ0n) is 13.1. The smallest absolute Gasteiger partial charge is 0.124 e. The van der Waals surface area contributed by atoms with Crippen LogP contribution in [0.5, 0.6) is 0 Å². The molecule has 114 valence electrons. The first-order valence-corrected chi connectivity index (χ1v) is 7.96. The Kier molecular flexibility index (Phi) is 4.27. The number of imidazole rings is 1. The zero-order valence-corrected chi connectivity index (χ0v) is 13.1. The minimum Gasteiger partial charge on any atom is -0.378 e. The van der Waals surface area contributed by atoms with Gasteiger partial charge in [0.25, 0.3) is 0 Å². The summed E-state index contributed by atoms with van der Waals surface area (Å²) in [6.07, 6.45) is 2.54. The monoisotopic (exact) mass is 287 g/mol. The zero-order chi connectivity index (χ0) is 14.8. The third kappa shape index (κ3) is 3.27. The number of nitrogens with zero attached hydrogens (tertiary/aromatic N) is 1. The number of aromatic amines is 1. The summed E-state index contributed by atoms with van der Waals surface area (Å²) in [6, 6.07) is 8.92. The number of fused-ring (bicyclic) bond motifs is 1. The molecule has 1 aliphatic rings. The summed E-state index contributed by atoms with van der Waals surface area (Å²) >= 11 is 0. The number of aromatic nitrogens is 2. The molecule has 1 saturated heterocycles. The summed E-state index contributed by atoms with van der Waals surface area (Å²) in [4.78, 5) is 8.10. The van der Waals surface area contributed by atoms with Gasteiger partial charge in [0, 0.05) is 12.6 Å². The lowest BCUT2D eigenvalue weighted by atomic mass is 9.95. The molecule has 1 fully saturated rings. The van der Waals surface area contributed by atoms with Crippen LogP contribution >= 0.6 is 0 Å². The highest BCUT2D eigenvalue weighted by molar-refractivity contribution is 5.74. The molecule has 3 atom stereocenters. The molecule has 0 saturated carbocycles. The van der Waals surface area contributed by atoms with E-state index in [1.807, 2.05) is 18.2 Å². The Morgan fingerprint density at radius 2 is 2.10 bits per heavy atom. The fourth-order valence-electron chi connectivity index (χ4n) is 3.05. The van der Waals surface area contributed by atoms with Gasteiger partial charge in [-0.15, -0.1) is 0 Å². The SMILES string of the molecule is CC(NC1CCOC(C(C)C)C1)c1nc2ccccc2[nH]1. The first-order valence-electron chi connectivity index (χ1n) is 7.96. The van der Waals surface area contributed by atoms with Gasteiger partial charge in [-0.3, -0.25) is 0 Å². The van der Waals surface area contributed by atoms with Crippen molar-refractivity contribution in [2.45, 2.75) is 51.8 Å². The molecule has 2 heterocycles. The summed E-state index contributed by atoms with van der Waals surface area (Å²) in [6.45, 7) is 7.50. The van der Waals surface area contributed by atoms with Crippen LogP contribution in [0.1, 0.15) is 45.5 Å². The first-order chi connectivity index (χ1) is 10.1. The van der Waals surface area contributed by atoms with Crippen LogP contribution in [-0.4, -0.2) is 28.7 Å². The van der Waals surface area contributed by atoms with Crippen molar-refractivity contribution in [3.63, 3.8) is 0 Å². The Bertz CT molecular complexity index is 559. The van der Waals surface area contributed by atoms with Gasteiger partial charge in [-0.2, -0.15) is 0 Å². The van der Waals surface area contributed by atoms with Gasteiger partial charge in [-0.1, -0.05) is 26.0 Å². The van der Waals surface area contributed by atoms with Gasteiger partial charge in [0.15, 0.2) is 0 Å². The molecule has 0 spiro atoms. The molecule has 0 amide bonds. The van der Waals surface area contributed by atoms with Gasteiger partial charge in [0.2, 0.25) is 0 Å². The van der Waals surface area contributed by atoms with E-state index in [0.29, 0.717) is 18.1 Å². The topological polar surface area (TPSA) is 49.9 Å². The quantitative estimate of drug-likeness (QED) is 0.906. The second-order valence-electron chi connectivity index (χ2n) is 6.40. The van der Waals surface area contributed by atoms with Gasteiger partial charge < -0.3 is 15.0 Å². The van der Waals surface area contributed by atoms with Crippen molar-refractivity contribution >= 4 is 11.0 Å². The molecule has 4 heteroatoms. The van der Waals surface area contributed by atoms with Crippen LogP contribution in [0.4, 0.5) is 0 Å². The van der Waals surface area contributed by atoms with Gasteiger partial charge in [-0.25, -0.2) is 4.98 Å². The van der Waals surface area contributed by atoms with E-state index in [1.54, 1.807) is 0 Å². The Morgan fingerprint density at radius 1 is 1.29 bits per heavy atom. The molecule has 4 nitrogen and oxygen atoms in total. The van der Waals surface area contributed by atoms with Crippen molar-refractivity contribution in [2.24, 2.45) is 5.92 Å². The summed E-state index contributed by atoms with van der Waals surface area (Å²) in [5, 5.41) is 3.71. The summed E-state index contributed by atoms with van der Waals surface area (Å²) in [5.41, 5.74) is 2.14. The third-order valence-electron chi connectivity index (χ3n) is 4.36. The molecule has 0 aliphatic carbocycles. The fraction of sp³-hybridized carbons (Fsp3) is 0.588. The number of rotatable bonds is 4. The Labute approximate surface area is 126 Å². The van der Waals surface area contributed by atoms with Gasteiger partial charge in [0.05, 0.1) is 23.2 Å². The molecule has 1 aliphatic heterocycles. The predicted octanol–water partition coefficient (Wildman–Crippen LogP) is 3.42. The molecular weight excluding hydrogens is 262 g/mol. The van der Waals surface area contributed by atoms with Crippen LogP contribution in [-0.2, 0) is 4.74 Å². The van der Waals surface area contributed by atoms with E-state index >= 15 is 0 Å². The molecule has 0 bridgehead atoms. The third-order valence-corrected chi connectivity index (χ3v) is 4.36. The van der Waals surface area contributed by atoms with Crippen molar-refractivity contribution < 1.29 is 4.74 Å². The van der Waals surface area contributed by atoms with Crippen LogP contribution in [0.15, 0.2) is 24.3 Å². The minimum absolute atomic E-state index is 0.230. The lowest BCUT2D eigenvalue weighted by Gasteiger charge is -2.33. The molecular formula is C17H25N3O. The van der Waals surface area contributed by atoms with Crippen LogP contribution in [0.25, 0.3) is 11.0 Å². The Balaban J connectivity index is 1.66. The number of ether oxygens (including phenoxy) is 1. The maximum atomic E-state index is 5.84. The number of hydrogen-bond donors (Lipinski definition) is 2. The number of nitrogens with one attached hydrogen (secondary N) is 2. The second-order valence-corrected chi connectivity index (χ2v) is 6.40. The summed E-state index contributed by atoms with van der Waals surface area (Å²) < 4.78 is 5.84. The largest absolute Gasteiger partial charge is 0.378 e. The molecule has 1 aromatic heterocycles. The van der Waals surface area contributed by atoms with E-state index in [-0.39, 0.29) is 6.04 Å². The van der Waals surface area contributed by atoms with Crippen molar-refractivity contribution in [3.05, 3.63) is 30.1 Å². The fourth-order valence-corrected chi connectivity index (χ4v) is 3.05. The van der Waals surface area contributed by atoms with Crippen molar-refractivity contribution in [3.8, 4) is 0 Å². The van der Waals surface area contributed by atoms with Crippen LogP contribution in [0.2, 0.25) is 0 Å². The lowest BCUT2D eigenvalue weighted by molar-refractivity contribution is -0.0258. The highest BCUT2D eigenvalue weighted by Crippen LogP contribution is 2.23. The highest BCUT2D eigenvalue weighted by Gasteiger charge is 2.26. The number of hydrogen-bond acceptors (Lipinski definition) is 3. The molecule has 0 radical (unpaired) electrons. The molecule has 2 aromatic rings. The van der Waals surface area contributed by atoms with Crippen LogP contribution in [0.3, 0.4) is 0 Å². The van der Waals surface area contributed by atoms with E-state index in [0.717, 1.165) is 36.3 Å². The number of benzene rings is 1. The highest BCUT2D eigenvalue weighted by atomic mass is 16.5. The van der Waals surface area contributed by atoms with Gasteiger partial charge >= 0.3 is 0 Å². The van der Waals surface area contributed by atoms with Gasteiger partial charge in [-0.05, 0) is 37.8 Å². The van der Waals surface area contributed by atoms with E-state index in [9.17, 15) is 0 Å². The number of H-pyrrole nitrogens is 1. The van der Waals surface area contributed by atoms with Crippen molar-refractivity contribution in [2.75, 3.05) is 6.61 Å². The van der Waals surface area contributed by atoms with E-state index in [1.165, 1.54) is 0 Å².